The zero-order valence-corrected chi connectivity index (χ0v) is 13.2. The molecule has 0 aliphatic heterocycles. The van der Waals surface area contributed by atoms with Crippen LogP contribution in [0.25, 0.3) is 0 Å². The number of alkyl carbamates (subject to hydrolysis) is 1. The molecule has 0 bridgehead atoms. The lowest BCUT2D eigenvalue weighted by Gasteiger charge is -2.22. The Morgan fingerprint density at radius 2 is 1.87 bits per heavy atom. The van der Waals surface area contributed by atoms with Crippen molar-refractivity contribution in [2.24, 2.45) is 5.92 Å². The average Bonchev–Trinajstić information content (AvgIpc) is 2.55. The summed E-state index contributed by atoms with van der Waals surface area (Å²) in [5, 5.41) is 13.4. The van der Waals surface area contributed by atoms with Crippen LogP contribution in [0.15, 0.2) is 30.3 Å². The van der Waals surface area contributed by atoms with Crippen LogP contribution >= 0.6 is 0 Å². The Labute approximate surface area is 135 Å². The first-order valence-electron chi connectivity index (χ1n) is 7.40. The van der Waals surface area contributed by atoms with Gasteiger partial charge in [0, 0.05) is 0 Å². The van der Waals surface area contributed by atoms with Gasteiger partial charge in [0.25, 0.3) is 0 Å². The summed E-state index contributed by atoms with van der Waals surface area (Å²) < 4.78 is 5.08. The van der Waals surface area contributed by atoms with Crippen LogP contribution < -0.4 is 10.6 Å². The molecule has 0 saturated heterocycles. The Morgan fingerprint density at radius 3 is 2.43 bits per heavy atom. The number of carbonyl (C=O) groups excluding carboxylic acids is 2. The molecule has 2 atom stereocenters. The summed E-state index contributed by atoms with van der Waals surface area (Å²) in [4.78, 5) is 34.4. The van der Waals surface area contributed by atoms with Crippen LogP contribution in [0.2, 0.25) is 0 Å². The fourth-order valence-electron chi connectivity index (χ4n) is 1.87. The number of hydrogen-bond donors (Lipinski definition) is 3. The standard InChI is InChI=1S/C16H22N2O5/c1-3-11(2)14(15(21)17-9-13(19)20)18-16(22)23-10-12-7-5-4-6-8-12/h4-8,11,14H,3,9-10H2,1-2H3,(H,17,21)(H,18,22)(H,19,20)/t11-,14+/m0/s1. The van der Waals surface area contributed by atoms with Gasteiger partial charge in [0.15, 0.2) is 0 Å². The van der Waals surface area contributed by atoms with E-state index in [1.54, 1.807) is 6.92 Å². The Morgan fingerprint density at radius 1 is 1.22 bits per heavy atom. The molecule has 0 radical (unpaired) electrons. The van der Waals surface area contributed by atoms with E-state index in [1.165, 1.54) is 0 Å². The van der Waals surface area contributed by atoms with Crippen molar-refractivity contribution >= 4 is 18.0 Å². The van der Waals surface area contributed by atoms with E-state index in [0.717, 1.165) is 5.56 Å². The van der Waals surface area contributed by atoms with Crippen LogP contribution in [0.3, 0.4) is 0 Å². The number of carboxylic acid groups (broad SMARTS) is 1. The van der Waals surface area contributed by atoms with Gasteiger partial charge in [-0.25, -0.2) is 4.79 Å². The molecule has 1 aromatic carbocycles. The van der Waals surface area contributed by atoms with Gasteiger partial charge in [-0.2, -0.15) is 0 Å². The number of rotatable bonds is 8. The van der Waals surface area contributed by atoms with Crippen molar-refractivity contribution in [1.82, 2.24) is 10.6 Å². The first-order valence-corrected chi connectivity index (χ1v) is 7.40. The van der Waals surface area contributed by atoms with E-state index in [1.807, 2.05) is 37.3 Å². The normalized spacial score (nSPS) is 12.8. The van der Waals surface area contributed by atoms with Crippen LogP contribution in [0.5, 0.6) is 0 Å². The number of ether oxygens (including phenoxy) is 1. The van der Waals surface area contributed by atoms with Gasteiger partial charge in [-0.15, -0.1) is 0 Å². The number of nitrogens with one attached hydrogen (secondary N) is 2. The molecule has 126 valence electrons. The molecule has 0 saturated carbocycles. The van der Waals surface area contributed by atoms with Crippen LogP contribution in [0.4, 0.5) is 4.79 Å². The number of amides is 2. The number of carboxylic acids is 1. The lowest BCUT2D eigenvalue weighted by Crippen LogP contribution is -2.51. The predicted molar refractivity (Wildman–Crippen MR) is 83.7 cm³/mol. The first kappa shape index (κ1) is 18.5. The number of benzene rings is 1. The zero-order chi connectivity index (χ0) is 17.2. The molecule has 0 heterocycles. The molecule has 0 unspecified atom stereocenters. The molecule has 0 aliphatic rings. The highest BCUT2D eigenvalue weighted by Gasteiger charge is 2.26. The van der Waals surface area contributed by atoms with Crippen molar-refractivity contribution in [3.63, 3.8) is 0 Å². The summed E-state index contributed by atoms with van der Waals surface area (Å²) in [5.41, 5.74) is 0.832. The molecule has 7 nitrogen and oxygen atoms in total. The minimum absolute atomic E-state index is 0.0939. The quantitative estimate of drug-likeness (QED) is 0.673. The van der Waals surface area contributed by atoms with E-state index in [0.29, 0.717) is 6.42 Å². The largest absolute Gasteiger partial charge is 0.480 e. The maximum Gasteiger partial charge on any atom is 0.408 e. The molecular weight excluding hydrogens is 300 g/mol. The lowest BCUT2D eigenvalue weighted by molar-refractivity contribution is -0.138. The second kappa shape index (κ2) is 9.45. The van der Waals surface area contributed by atoms with E-state index in [4.69, 9.17) is 9.84 Å². The van der Waals surface area contributed by atoms with Crippen LogP contribution in [-0.4, -0.2) is 35.7 Å². The van der Waals surface area contributed by atoms with E-state index in [2.05, 4.69) is 10.6 Å². The van der Waals surface area contributed by atoms with E-state index in [9.17, 15) is 14.4 Å². The third-order valence-electron chi connectivity index (χ3n) is 3.40. The van der Waals surface area contributed by atoms with Gasteiger partial charge in [0.2, 0.25) is 5.91 Å². The van der Waals surface area contributed by atoms with Gasteiger partial charge in [0.05, 0.1) is 0 Å². The Hall–Kier alpha value is -2.57. The van der Waals surface area contributed by atoms with Gasteiger partial charge in [-0.1, -0.05) is 50.6 Å². The van der Waals surface area contributed by atoms with Gasteiger partial charge < -0.3 is 20.5 Å². The maximum absolute atomic E-state index is 12.0. The minimum atomic E-state index is -1.15. The highest BCUT2D eigenvalue weighted by atomic mass is 16.5. The summed E-state index contributed by atoms with van der Waals surface area (Å²) in [7, 11) is 0. The zero-order valence-electron chi connectivity index (χ0n) is 13.2. The van der Waals surface area contributed by atoms with Crippen LogP contribution in [0, 0.1) is 5.92 Å². The van der Waals surface area contributed by atoms with E-state index >= 15 is 0 Å². The van der Waals surface area contributed by atoms with Crippen LogP contribution in [-0.2, 0) is 20.9 Å². The first-order chi connectivity index (χ1) is 10.9. The summed E-state index contributed by atoms with van der Waals surface area (Å²) >= 11 is 0. The Bertz CT molecular complexity index is 533. The number of carbonyl (C=O) groups is 3. The van der Waals surface area contributed by atoms with E-state index < -0.39 is 30.6 Å². The number of hydrogen-bond acceptors (Lipinski definition) is 4. The SMILES string of the molecule is CC[C@H](C)[C@@H](NC(=O)OCc1ccccc1)C(=O)NCC(=O)O. The van der Waals surface area contributed by atoms with Crippen molar-refractivity contribution in [2.45, 2.75) is 32.9 Å². The lowest BCUT2D eigenvalue weighted by atomic mass is 9.98. The highest BCUT2D eigenvalue weighted by molar-refractivity contribution is 5.88. The molecule has 23 heavy (non-hydrogen) atoms. The smallest absolute Gasteiger partial charge is 0.408 e. The molecule has 1 rings (SSSR count). The van der Waals surface area contributed by atoms with Crippen molar-refractivity contribution < 1.29 is 24.2 Å². The van der Waals surface area contributed by atoms with Crippen LogP contribution in [0.1, 0.15) is 25.8 Å². The molecule has 7 heteroatoms. The summed E-state index contributed by atoms with van der Waals surface area (Å²) in [6.45, 7) is 3.27. The van der Waals surface area contributed by atoms with Crippen molar-refractivity contribution in [2.75, 3.05) is 6.54 Å². The minimum Gasteiger partial charge on any atom is -0.480 e. The highest BCUT2D eigenvalue weighted by Crippen LogP contribution is 2.09. The number of aliphatic carboxylic acids is 1. The van der Waals surface area contributed by atoms with Gasteiger partial charge in [-0.3, -0.25) is 9.59 Å². The van der Waals surface area contributed by atoms with Gasteiger partial charge in [-0.05, 0) is 11.5 Å². The van der Waals surface area contributed by atoms with Gasteiger partial charge in [0.1, 0.15) is 19.2 Å². The monoisotopic (exact) mass is 322 g/mol. The molecule has 3 N–H and O–H groups in total. The third kappa shape index (κ3) is 6.82. The average molecular weight is 322 g/mol. The molecular formula is C16H22N2O5. The molecule has 0 fully saturated rings. The van der Waals surface area contributed by atoms with Crippen molar-refractivity contribution in [3.8, 4) is 0 Å². The fraction of sp³-hybridized carbons (Fsp3) is 0.438. The topological polar surface area (TPSA) is 105 Å². The second-order valence-corrected chi connectivity index (χ2v) is 5.18. The van der Waals surface area contributed by atoms with E-state index in [-0.39, 0.29) is 12.5 Å². The fourth-order valence-corrected chi connectivity index (χ4v) is 1.87. The molecule has 1 aromatic rings. The van der Waals surface area contributed by atoms with Crippen molar-refractivity contribution in [1.29, 1.82) is 0 Å². The van der Waals surface area contributed by atoms with Crippen molar-refractivity contribution in [3.05, 3.63) is 35.9 Å². The molecule has 0 spiro atoms. The van der Waals surface area contributed by atoms with Gasteiger partial charge >= 0.3 is 12.1 Å². The maximum atomic E-state index is 12.0. The predicted octanol–water partition coefficient (Wildman–Crippen LogP) is 1.53. The second-order valence-electron chi connectivity index (χ2n) is 5.18. The summed E-state index contributed by atoms with van der Waals surface area (Å²) in [6.07, 6.45) is -0.0750. The molecule has 0 aromatic heterocycles. The molecule has 0 aliphatic carbocycles. The third-order valence-corrected chi connectivity index (χ3v) is 3.40. The molecule has 2 amide bonds. The Kier molecular flexibility index (Phi) is 7.59. The summed E-state index contributed by atoms with van der Waals surface area (Å²) in [5.74, 6) is -1.85. The summed E-state index contributed by atoms with van der Waals surface area (Å²) in [6, 6.07) is 8.31. The Balaban J connectivity index is 2.56.